The van der Waals surface area contributed by atoms with Crippen LogP contribution in [0.4, 0.5) is 13.6 Å². The molecule has 9 heteroatoms. The van der Waals surface area contributed by atoms with Gasteiger partial charge in [-0.25, -0.2) is 14.2 Å². The van der Waals surface area contributed by atoms with Crippen molar-refractivity contribution in [1.82, 2.24) is 19.8 Å². The van der Waals surface area contributed by atoms with Crippen LogP contribution < -0.4 is 5.32 Å². The van der Waals surface area contributed by atoms with E-state index in [-0.39, 0.29) is 17.6 Å². The van der Waals surface area contributed by atoms with Crippen LogP contribution >= 0.6 is 11.6 Å². The van der Waals surface area contributed by atoms with Gasteiger partial charge in [0.15, 0.2) is 0 Å². The summed E-state index contributed by atoms with van der Waals surface area (Å²) in [6.07, 6.45) is 5.85. The Morgan fingerprint density at radius 1 is 1.24 bits per heavy atom. The average Bonchev–Trinajstić information content (AvgIpc) is 3.23. The lowest BCUT2D eigenvalue weighted by molar-refractivity contribution is 0.240. The van der Waals surface area contributed by atoms with Crippen LogP contribution in [-0.4, -0.2) is 33.6 Å². The highest BCUT2D eigenvalue weighted by Gasteiger charge is 2.26. The number of rotatable bonds is 5. The molecule has 0 fully saturated rings. The fraction of sp³-hybridized carbons (Fsp3) is 0.207. The van der Waals surface area contributed by atoms with Gasteiger partial charge in [-0.1, -0.05) is 35.9 Å². The standard InChI is InChI=1S/C29H24ClF2N5O/c1-18-11-19(12-24(31)28(18)30)3-2-9-36-10-7-25-23(17-36)22-5-4-20(15-33)13-26(22)37(25)29(38)35-16-21-6-8-34-27(32)14-21/h2-6,8,11-14H,7,9-10,16-17H2,1H3,(H,35,38)/b3-2+. The zero-order valence-electron chi connectivity index (χ0n) is 20.6. The Morgan fingerprint density at radius 2 is 2.08 bits per heavy atom. The molecule has 1 amide bonds. The maximum atomic E-state index is 14.0. The Kier molecular flexibility index (Phi) is 7.23. The molecule has 0 aliphatic carbocycles. The zero-order valence-corrected chi connectivity index (χ0v) is 21.4. The molecule has 1 aliphatic rings. The van der Waals surface area contributed by atoms with Gasteiger partial charge in [-0.3, -0.25) is 9.47 Å². The van der Waals surface area contributed by atoms with E-state index in [4.69, 9.17) is 11.6 Å². The molecular weight excluding hydrogens is 508 g/mol. The molecule has 0 saturated heterocycles. The topological polar surface area (TPSA) is 74.0 Å². The largest absolute Gasteiger partial charge is 0.333 e. The maximum absolute atomic E-state index is 14.0. The molecule has 2 aromatic carbocycles. The number of hydrogen-bond donors (Lipinski definition) is 1. The van der Waals surface area contributed by atoms with Gasteiger partial charge in [-0.05, 0) is 59.5 Å². The van der Waals surface area contributed by atoms with E-state index in [2.05, 4.69) is 21.3 Å². The lowest BCUT2D eigenvalue weighted by atomic mass is 10.0. The van der Waals surface area contributed by atoms with E-state index in [0.717, 1.165) is 28.8 Å². The minimum absolute atomic E-state index is 0.138. The molecule has 1 N–H and O–H groups in total. The second kappa shape index (κ2) is 10.7. The molecule has 1 aliphatic heterocycles. The fourth-order valence-corrected chi connectivity index (χ4v) is 4.98. The Labute approximate surface area is 223 Å². The second-order valence-electron chi connectivity index (χ2n) is 9.27. The number of amides is 1. The molecular formula is C29H24ClF2N5O. The average molecular weight is 532 g/mol. The highest BCUT2D eigenvalue weighted by atomic mass is 35.5. The Balaban J connectivity index is 1.39. The van der Waals surface area contributed by atoms with Gasteiger partial charge in [-0.15, -0.1) is 0 Å². The molecule has 0 unspecified atom stereocenters. The molecule has 5 rings (SSSR count). The number of halogens is 3. The third-order valence-corrected chi connectivity index (χ3v) is 7.18. The summed E-state index contributed by atoms with van der Waals surface area (Å²) in [6, 6.07) is 13.3. The minimum Gasteiger partial charge on any atom is -0.333 e. The first-order valence-corrected chi connectivity index (χ1v) is 12.5. The molecule has 3 heterocycles. The van der Waals surface area contributed by atoms with E-state index in [1.165, 1.54) is 18.3 Å². The first kappa shape index (κ1) is 25.6. The Morgan fingerprint density at radius 3 is 2.84 bits per heavy atom. The number of nitriles is 1. The van der Waals surface area contributed by atoms with Crippen LogP contribution in [0.2, 0.25) is 5.02 Å². The Bertz CT molecular complexity index is 1600. The van der Waals surface area contributed by atoms with E-state index < -0.39 is 11.8 Å². The third kappa shape index (κ3) is 5.17. The zero-order chi connectivity index (χ0) is 26.8. The number of hydrogen-bond acceptors (Lipinski definition) is 4. The SMILES string of the molecule is Cc1cc(/C=C/CN2CCc3c(c4ccc(C#N)cc4n3C(=O)NCc3ccnc(F)c3)C2)cc(F)c1Cl. The van der Waals surface area contributed by atoms with E-state index in [0.29, 0.717) is 41.7 Å². The summed E-state index contributed by atoms with van der Waals surface area (Å²) in [5.74, 6) is -1.05. The number of nitrogens with one attached hydrogen (secondary N) is 1. The van der Waals surface area contributed by atoms with Gasteiger partial charge < -0.3 is 5.32 Å². The summed E-state index contributed by atoms with van der Waals surface area (Å²) < 4.78 is 29.1. The van der Waals surface area contributed by atoms with Crippen LogP contribution in [0.3, 0.4) is 0 Å². The number of pyridine rings is 1. The van der Waals surface area contributed by atoms with Gasteiger partial charge in [-0.2, -0.15) is 9.65 Å². The monoisotopic (exact) mass is 531 g/mol. The van der Waals surface area contributed by atoms with Crippen LogP contribution in [0.1, 0.15) is 33.5 Å². The van der Waals surface area contributed by atoms with E-state index in [1.807, 2.05) is 24.3 Å². The van der Waals surface area contributed by atoms with Crippen LogP contribution in [0.25, 0.3) is 17.0 Å². The summed E-state index contributed by atoms with van der Waals surface area (Å²) in [7, 11) is 0. The molecule has 2 aromatic heterocycles. The van der Waals surface area contributed by atoms with Crippen molar-refractivity contribution in [3.05, 3.63) is 105 Å². The predicted octanol–water partition coefficient (Wildman–Crippen LogP) is 5.98. The lowest BCUT2D eigenvalue weighted by Crippen LogP contribution is -2.34. The maximum Gasteiger partial charge on any atom is 0.326 e. The number of nitrogens with zero attached hydrogens (tertiary/aromatic N) is 4. The first-order chi connectivity index (χ1) is 18.3. The normalized spacial score (nSPS) is 13.6. The summed E-state index contributed by atoms with van der Waals surface area (Å²) in [5, 5.41) is 13.4. The predicted molar refractivity (Wildman–Crippen MR) is 143 cm³/mol. The number of benzene rings is 2. The summed E-state index contributed by atoms with van der Waals surface area (Å²) >= 11 is 5.93. The van der Waals surface area contributed by atoms with Crippen molar-refractivity contribution < 1.29 is 13.6 Å². The molecule has 0 bridgehead atoms. The number of aryl methyl sites for hydroxylation is 1. The molecule has 38 heavy (non-hydrogen) atoms. The number of carbonyl (C=O) groups excluding carboxylic acids is 1. The second-order valence-corrected chi connectivity index (χ2v) is 9.65. The van der Waals surface area contributed by atoms with Crippen molar-refractivity contribution in [2.45, 2.75) is 26.4 Å². The van der Waals surface area contributed by atoms with Gasteiger partial charge in [0.05, 0.1) is 22.2 Å². The van der Waals surface area contributed by atoms with Crippen LogP contribution in [0.15, 0.2) is 54.7 Å². The molecule has 0 atom stereocenters. The van der Waals surface area contributed by atoms with E-state index in [9.17, 15) is 18.8 Å². The first-order valence-electron chi connectivity index (χ1n) is 12.1. The van der Waals surface area contributed by atoms with Crippen molar-refractivity contribution in [3.63, 3.8) is 0 Å². The quantitative estimate of drug-likeness (QED) is 0.322. The number of carbonyl (C=O) groups is 1. The van der Waals surface area contributed by atoms with Crippen molar-refractivity contribution in [3.8, 4) is 6.07 Å². The van der Waals surface area contributed by atoms with Crippen molar-refractivity contribution in [2.75, 3.05) is 13.1 Å². The van der Waals surface area contributed by atoms with Crippen molar-refractivity contribution in [1.29, 1.82) is 5.26 Å². The third-order valence-electron chi connectivity index (χ3n) is 6.70. The molecule has 192 valence electrons. The number of fused-ring (bicyclic) bond motifs is 3. The summed E-state index contributed by atoms with van der Waals surface area (Å²) in [6.45, 7) is 3.90. The number of aromatic nitrogens is 2. The van der Waals surface area contributed by atoms with Gasteiger partial charge in [0.1, 0.15) is 5.82 Å². The Hall–Kier alpha value is -4.06. The smallest absolute Gasteiger partial charge is 0.326 e. The summed E-state index contributed by atoms with van der Waals surface area (Å²) in [4.78, 5) is 19.1. The van der Waals surface area contributed by atoms with Crippen LogP contribution in [0.5, 0.6) is 0 Å². The van der Waals surface area contributed by atoms with Gasteiger partial charge in [0.25, 0.3) is 0 Å². The van der Waals surface area contributed by atoms with Crippen molar-refractivity contribution >= 4 is 34.6 Å². The van der Waals surface area contributed by atoms with Gasteiger partial charge in [0, 0.05) is 49.9 Å². The van der Waals surface area contributed by atoms with E-state index in [1.54, 1.807) is 29.7 Å². The lowest BCUT2D eigenvalue weighted by Gasteiger charge is -2.27. The van der Waals surface area contributed by atoms with Gasteiger partial charge >= 0.3 is 6.03 Å². The van der Waals surface area contributed by atoms with Crippen LogP contribution in [0, 0.1) is 30.0 Å². The molecule has 6 nitrogen and oxygen atoms in total. The van der Waals surface area contributed by atoms with Gasteiger partial charge in [0.2, 0.25) is 5.95 Å². The molecule has 0 saturated carbocycles. The summed E-state index contributed by atoms with van der Waals surface area (Å²) in [5.41, 5.74) is 5.08. The van der Waals surface area contributed by atoms with E-state index >= 15 is 0 Å². The fourth-order valence-electron chi connectivity index (χ4n) is 4.87. The molecule has 0 radical (unpaired) electrons. The molecule has 4 aromatic rings. The highest BCUT2D eigenvalue weighted by molar-refractivity contribution is 6.31. The minimum atomic E-state index is -0.607. The van der Waals surface area contributed by atoms with Crippen LogP contribution in [-0.2, 0) is 19.5 Å². The molecule has 0 spiro atoms. The highest BCUT2D eigenvalue weighted by Crippen LogP contribution is 2.32. The van der Waals surface area contributed by atoms with Crippen molar-refractivity contribution in [2.24, 2.45) is 0 Å².